The molecule has 2 rings (SSSR count). The summed E-state index contributed by atoms with van der Waals surface area (Å²) in [4.78, 5) is 12.2. The normalized spacial score (nSPS) is 13.5. The number of alkyl carbamates (subject to hydrolysis) is 1. The summed E-state index contributed by atoms with van der Waals surface area (Å²) in [7, 11) is -2.51. The molecule has 0 spiro atoms. The molecule has 0 aliphatic heterocycles. The second kappa shape index (κ2) is 11.1. The number of carbonyl (C=O) groups excluding carboxylic acids is 1. The van der Waals surface area contributed by atoms with E-state index in [0.717, 1.165) is 19.3 Å². The fourth-order valence-electron chi connectivity index (χ4n) is 4.17. The summed E-state index contributed by atoms with van der Waals surface area (Å²) >= 11 is 0. The number of amides is 1. The van der Waals surface area contributed by atoms with E-state index in [1.54, 1.807) is 0 Å². The standard InChI is InChI=1S/C27H41NO3Si/c1-8-22(28-25(29)31-26(2,3)4)16-15-21-30-32(27(5,6)7,23-17-11-9-12-18-23)24-19-13-10-14-20-24/h9-14,17-20,22H,8,15-16,21H2,1-7H3,(H,28,29). The molecule has 0 aromatic heterocycles. The molecular formula is C27H41NO3Si. The van der Waals surface area contributed by atoms with Crippen molar-refractivity contribution in [3.05, 3.63) is 60.7 Å². The Kier molecular flexibility index (Phi) is 9.11. The van der Waals surface area contributed by atoms with Crippen molar-refractivity contribution < 1.29 is 14.0 Å². The number of benzene rings is 2. The van der Waals surface area contributed by atoms with Crippen LogP contribution in [-0.2, 0) is 9.16 Å². The lowest BCUT2D eigenvalue weighted by Crippen LogP contribution is -2.66. The molecule has 5 heteroatoms. The number of carbonyl (C=O) groups is 1. The SMILES string of the molecule is CCC(CCCO[Si](c1ccccc1)(c1ccccc1)C(C)(C)C)NC(=O)OC(C)(C)C. The summed E-state index contributed by atoms with van der Waals surface area (Å²) in [6.45, 7) is 15.3. The third-order valence-corrected chi connectivity index (χ3v) is 10.7. The second-order valence-electron chi connectivity index (χ2n) is 10.4. The van der Waals surface area contributed by atoms with Crippen LogP contribution in [0.15, 0.2) is 60.7 Å². The van der Waals surface area contributed by atoms with Gasteiger partial charge in [-0.2, -0.15) is 0 Å². The van der Waals surface area contributed by atoms with Crippen LogP contribution in [0.5, 0.6) is 0 Å². The first-order valence-electron chi connectivity index (χ1n) is 11.7. The van der Waals surface area contributed by atoms with Crippen molar-refractivity contribution in [1.29, 1.82) is 0 Å². The zero-order valence-electron chi connectivity index (χ0n) is 20.9. The summed E-state index contributed by atoms with van der Waals surface area (Å²) < 4.78 is 12.4. The van der Waals surface area contributed by atoms with E-state index in [-0.39, 0.29) is 17.2 Å². The van der Waals surface area contributed by atoms with Gasteiger partial charge in [0.15, 0.2) is 0 Å². The van der Waals surface area contributed by atoms with Crippen LogP contribution in [0.25, 0.3) is 0 Å². The minimum Gasteiger partial charge on any atom is -0.444 e. The number of hydrogen-bond donors (Lipinski definition) is 1. The van der Waals surface area contributed by atoms with Gasteiger partial charge in [-0.15, -0.1) is 0 Å². The van der Waals surface area contributed by atoms with Crippen LogP contribution in [0.3, 0.4) is 0 Å². The zero-order chi connectivity index (χ0) is 23.8. The molecule has 1 unspecified atom stereocenters. The maximum Gasteiger partial charge on any atom is 0.407 e. The molecule has 0 heterocycles. The van der Waals surface area contributed by atoms with Gasteiger partial charge in [-0.1, -0.05) is 88.4 Å². The molecule has 0 saturated carbocycles. The Hall–Kier alpha value is -2.11. The quantitative estimate of drug-likeness (QED) is 0.393. The van der Waals surface area contributed by atoms with Crippen molar-refractivity contribution in [3.63, 3.8) is 0 Å². The van der Waals surface area contributed by atoms with Gasteiger partial charge >= 0.3 is 6.09 Å². The number of ether oxygens (including phenoxy) is 1. The Morgan fingerprint density at radius 2 is 1.41 bits per heavy atom. The van der Waals surface area contributed by atoms with Gasteiger partial charge in [0.25, 0.3) is 8.32 Å². The molecule has 176 valence electrons. The Morgan fingerprint density at radius 3 is 1.81 bits per heavy atom. The Morgan fingerprint density at radius 1 is 0.906 bits per heavy atom. The maximum absolute atomic E-state index is 12.2. The molecule has 0 aliphatic rings. The monoisotopic (exact) mass is 455 g/mol. The Bertz CT molecular complexity index is 786. The van der Waals surface area contributed by atoms with Gasteiger partial charge < -0.3 is 14.5 Å². The predicted octanol–water partition coefficient (Wildman–Crippen LogP) is 5.65. The average molecular weight is 456 g/mol. The molecular weight excluding hydrogens is 414 g/mol. The minimum absolute atomic E-state index is 0.0331. The third kappa shape index (κ3) is 6.94. The molecule has 1 atom stereocenters. The molecule has 32 heavy (non-hydrogen) atoms. The first-order chi connectivity index (χ1) is 15.0. The number of rotatable bonds is 9. The minimum atomic E-state index is -2.51. The second-order valence-corrected chi connectivity index (χ2v) is 14.7. The maximum atomic E-state index is 12.2. The van der Waals surface area contributed by atoms with Crippen LogP contribution in [0.4, 0.5) is 4.79 Å². The van der Waals surface area contributed by atoms with E-state index in [1.165, 1.54) is 10.4 Å². The Labute approximate surface area is 195 Å². The highest BCUT2D eigenvalue weighted by molar-refractivity contribution is 6.99. The van der Waals surface area contributed by atoms with Crippen molar-refractivity contribution >= 4 is 24.8 Å². The third-order valence-electron chi connectivity index (χ3n) is 5.65. The van der Waals surface area contributed by atoms with E-state index in [1.807, 2.05) is 20.8 Å². The van der Waals surface area contributed by atoms with Crippen molar-refractivity contribution in [2.24, 2.45) is 0 Å². The van der Waals surface area contributed by atoms with Gasteiger partial charge in [0.2, 0.25) is 0 Å². The molecule has 2 aromatic rings. The molecule has 0 fully saturated rings. The van der Waals surface area contributed by atoms with Crippen molar-refractivity contribution in [1.82, 2.24) is 5.32 Å². The molecule has 0 saturated heterocycles. The van der Waals surface area contributed by atoms with Gasteiger partial charge in [-0.25, -0.2) is 4.79 Å². The summed E-state index contributed by atoms with van der Waals surface area (Å²) in [5, 5.41) is 5.55. The summed E-state index contributed by atoms with van der Waals surface area (Å²) in [6, 6.07) is 21.5. The van der Waals surface area contributed by atoms with Crippen LogP contribution in [0.2, 0.25) is 5.04 Å². The van der Waals surface area contributed by atoms with Crippen molar-refractivity contribution in [2.75, 3.05) is 6.61 Å². The van der Waals surface area contributed by atoms with E-state index in [2.05, 4.69) is 93.7 Å². The summed E-state index contributed by atoms with van der Waals surface area (Å²) in [6.07, 6.45) is 2.24. The van der Waals surface area contributed by atoms with Crippen LogP contribution < -0.4 is 15.7 Å². The first kappa shape index (κ1) is 26.1. The van der Waals surface area contributed by atoms with Crippen LogP contribution in [0, 0.1) is 0 Å². The number of nitrogens with one attached hydrogen (secondary N) is 1. The predicted molar refractivity (Wildman–Crippen MR) is 136 cm³/mol. The highest BCUT2D eigenvalue weighted by Gasteiger charge is 2.49. The lowest BCUT2D eigenvalue weighted by atomic mass is 10.1. The van der Waals surface area contributed by atoms with Gasteiger partial charge in [-0.05, 0) is 55.4 Å². The van der Waals surface area contributed by atoms with E-state index in [0.29, 0.717) is 6.61 Å². The largest absolute Gasteiger partial charge is 0.444 e. The van der Waals surface area contributed by atoms with Gasteiger partial charge in [0.1, 0.15) is 5.60 Å². The van der Waals surface area contributed by atoms with E-state index in [9.17, 15) is 4.79 Å². The molecule has 0 bridgehead atoms. The molecule has 2 aromatic carbocycles. The first-order valence-corrected chi connectivity index (χ1v) is 13.6. The van der Waals surface area contributed by atoms with Crippen molar-refractivity contribution in [3.8, 4) is 0 Å². The van der Waals surface area contributed by atoms with Gasteiger partial charge in [-0.3, -0.25) is 0 Å². The van der Waals surface area contributed by atoms with E-state index in [4.69, 9.17) is 9.16 Å². The molecule has 0 radical (unpaired) electrons. The van der Waals surface area contributed by atoms with Gasteiger partial charge in [0, 0.05) is 12.6 Å². The lowest BCUT2D eigenvalue weighted by Gasteiger charge is -2.43. The van der Waals surface area contributed by atoms with Crippen LogP contribution in [0.1, 0.15) is 67.7 Å². The lowest BCUT2D eigenvalue weighted by molar-refractivity contribution is 0.0498. The van der Waals surface area contributed by atoms with Crippen LogP contribution >= 0.6 is 0 Å². The average Bonchev–Trinajstić information content (AvgIpc) is 2.72. The zero-order valence-corrected chi connectivity index (χ0v) is 21.9. The molecule has 1 amide bonds. The summed E-state index contributed by atoms with van der Waals surface area (Å²) in [5.74, 6) is 0. The highest BCUT2D eigenvalue weighted by atomic mass is 28.4. The summed E-state index contributed by atoms with van der Waals surface area (Å²) in [5.41, 5.74) is -0.491. The van der Waals surface area contributed by atoms with E-state index < -0.39 is 13.9 Å². The molecule has 1 N–H and O–H groups in total. The number of hydrogen-bond acceptors (Lipinski definition) is 3. The fraction of sp³-hybridized carbons (Fsp3) is 0.519. The Balaban J connectivity index is 2.15. The topological polar surface area (TPSA) is 47.6 Å². The highest BCUT2D eigenvalue weighted by Crippen LogP contribution is 2.36. The molecule has 0 aliphatic carbocycles. The fourth-order valence-corrected chi connectivity index (χ4v) is 8.78. The van der Waals surface area contributed by atoms with E-state index >= 15 is 0 Å². The van der Waals surface area contributed by atoms with Crippen LogP contribution in [-0.4, -0.2) is 32.7 Å². The van der Waals surface area contributed by atoms with Gasteiger partial charge in [0.05, 0.1) is 0 Å². The smallest absolute Gasteiger partial charge is 0.407 e. The van der Waals surface area contributed by atoms with Crippen molar-refractivity contribution in [2.45, 2.75) is 84.4 Å². The molecule has 4 nitrogen and oxygen atoms in total.